The van der Waals surface area contributed by atoms with Gasteiger partial charge in [-0.3, -0.25) is 4.79 Å². The van der Waals surface area contributed by atoms with Gasteiger partial charge in [0.15, 0.2) is 0 Å². The van der Waals surface area contributed by atoms with Crippen LogP contribution in [-0.2, 0) is 6.61 Å². The molecule has 0 unspecified atom stereocenters. The average molecular weight is 380 g/mol. The van der Waals surface area contributed by atoms with Crippen LogP contribution in [0.25, 0.3) is 10.2 Å². The van der Waals surface area contributed by atoms with Crippen LogP contribution in [0.3, 0.4) is 0 Å². The van der Waals surface area contributed by atoms with E-state index in [0.29, 0.717) is 23.2 Å². The molecular weight excluding hydrogens is 366 g/mol. The average Bonchev–Trinajstić information content (AvgIpc) is 2.94. The Kier molecular flexibility index (Phi) is 4.61. The van der Waals surface area contributed by atoms with E-state index in [4.69, 9.17) is 4.74 Å². The SMILES string of the molecule is O=c1[nH]c2c(OCc3ccccc3)ccc([C@@H](O)CBr)c2s1. The second-order valence-corrected chi connectivity index (χ2v) is 6.45. The second-order valence-electron chi connectivity index (χ2n) is 4.82. The van der Waals surface area contributed by atoms with Crippen molar-refractivity contribution in [2.45, 2.75) is 12.7 Å². The molecule has 0 fully saturated rings. The number of aromatic amines is 1. The first-order valence-electron chi connectivity index (χ1n) is 6.75. The lowest BCUT2D eigenvalue weighted by molar-refractivity contribution is 0.207. The molecule has 0 aliphatic heterocycles. The highest BCUT2D eigenvalue weighted by molar-refractivity contribution is 9.09. The standard InChI is InChI=1S/C16H14BrNO3S/c17-8-12(19)11-6-7-13(14-15(11)22-16(20)18-14)21-9-10-4-2-1-3-5-10/h1-7,12,19H,8-9H2,(H,18,20)/t12-/m0/s1. The van der Waals surface area contributed by atoms with Gasteiger partial charge in [0.2, 0.25) is 0 Å². The number of aromatic nitrogens is 1. The van der Waals surface area contributed by atoms with Crippen LogP contribution in [0.1, 0.15) is 17.2 Å². The van der Waals surface area contributed by atoms with Crippen molar-refractivity contribution in [1.29, 1.82) is 0 Å². The van der Waals surface area contributed by atoms with Gasteiger partial charge in [-0.25, -0.2) is 0 Å². The molecule has 1 atom stereocenters. The molecule has 0 aliphatic rings. The zero-order chi connectivity index (χ0) is 15.5. The minimum absolute atomic E-state index is 0.159. The Balaban J connectivity index is 1.95. The van der Waals surface area contributed by atoms with Crippen molar-refractivity contribution in [3.63, 3.8) is 0 Å². The first-order chi connectivity index (χ1) is 10.7. The molecule has 0 radical (unpaired) electrons. The van der Waals surface area contributed by atoms with E-state index in [0.717, 1.165) is 27.2 Å². The fraction of sp³-hybridized carbons (Fsp3) is 0.188. The van der Waals surface area contributed by atoms with Crippen LogP contribution >= 0.6 is 27.3 Å². The summed E-state index contributed by atoms with van der Waals surface area (Å²) in [5, 5.41) is 10.5. The minimum Gasteiger partial charge on any atom is -0.487 e. The number of aliphatic hydroxyl groups is 1. The summed E-state index contributed by atoms with van der Waals surface area (Å²) in [5.41, 5.74) is 2.42. The molecule has 0 amide bonds. The van der Waals surface area contributed by atoms with Crippen LogP contribution in [-0.4, -0.2) is 15.4 Å². The van der Waals surface area contributed by atoms with E-state index < -0.39 is 6.10 Å². The highest BCUT2D eigenvalue weighted by atomic mass is 79.9. The molecule has 0 saturated carbocycles. The number of aliphatic hydroxyl groups excluding tert-OH is 1. The molecule has 4 nitrogen and oxygen atoms in total. The van der Waals surface area contributed by atoms with E-state index in [1.54, 1.807) is 12.1 Å². The Morgan fingerprint density at radius 2 is 2.00 bits per heavy atom. The molecule has 0 aliphatic carbocycles. The number of alkyl halides is 1. The molecular formula is C16H14BrNO3S. The molecule has 2 N–H and O–H groups in total. The smallest absolute Gasteiger partial charge is 0.305 e. The number of hydrogen-bond donors (Lipinski definition) is 2. The van der Waals surface area contributed by atoms with Crippen molar-refractivity contribution in [3.05, 3.63) is 63.3 Å². The molecule has 1 aromatic heterocycles. The van der Waals surface area contributed by atoms with E-state index in [-0.39, 0.29) is 4.87 Å². The van der Waals surface area contributed by atoms with Crippen LogP contribution < -0.4 is 9.61 Å². The number of benzene rings is 2. The van der Waals surface area contributed by atoms with Crippen LogP contribution in [0.5, 0.6) is 5.75 Å². The predicted molar refractivity (Wildman–Crippen MR) is 92.0 cm³/mol. The van der Waals surface area contributed by atoms with Gasteiger partial charge in [-0.05, 0) is 11.6 Å². The van der Waals surface area contributed by atoms with Crippen molar-refractivity contribution < 1.29 is 9.84 Å². The number of rotatable bonds is 5. The molecule has 22 heavy (non-hydrogen) atoms. The number of ether oxygens (including phenoxy) is 1. The highest BCUT2D eigenvalue weighted by Crippen LogP contribution is 2.33. The summed E-state index contributed by atoms with van der Waals surface area (Å²) in [6, 6.07) is 13.4. The maximum Gasteiger partial charge on any atom is 0.305 e. The summed E-state index contributed by atoms with van der Waals surface area (Å²) >= 11 is 4.35. The fourth-order valence-corrected chi connectivity index (χ4v) is 3.49. The molecule has 2 aromatic carbocycles. The highest BCUT2D eigenvalue weighted by Gasteiger charge is 2.16. The molecule has 6 heteroatoms. The lowest BCUT2D eigenvalue weighted by Gasteiger charge is -2.12. The van der Waals surface area contributed by atoms with Crippen molar-refractivity contribution in [3.8, 4) is 5.75 Å². The summed E-state index contributed by atoms with van der Waals surface area (Å²) < 4.78 is 6.57. The molecule has 114 valence electrons. The summed E-state index contributed by atoms with van der Waals surface area (Å²) in [6.45, 7) is 0.425. The minimum atomic E-state index is -0.655. The second kappa shape index (κ2) is 6.64. The van der Waals surface area contributed by atoms with Crippen LogP contribution in [0.4, 0.5) is 0 Å². The Hall–Kier alpha value is -1.63. The van der Waals surface area contributed by atoms with Gasteiger partial charge in [-0.1, -0.05) is 63.7 Å². The third-order valence-electron chi connectivity index (χ3n) is 3.31. The number of fused-ring (bicyclic) bond motifs is 1. The molecule has 0 bridgehead atoms. The van der Waals surface area contributed by atoms with E-state index in [1.807, 2.05) is 30.3 Å². The van der Waals surface area contributed by atoms with Gasteiger partial charge >= 0.3 is 4.87 Å². The quantitative estimate of drug-likeness (QED) is 0.665. The number of H-pyrrole nitrogens is 1. The van der Waals surface area contributed by atoms with Gasteiger partial charge in [0.05, 0.1) is 10.8 Å². The maximum atomic E-state index is 11.7. The predicted octanol–water partition coefficient (Wildman–Crippen LogP) is 3.60. The monoisotopic (exact) mass is 379 g/mol. The molecule has 0 saturated heterocycles. The number of thiazole rings is 1. The molecule has 1 heterocycles. The summed E-state index contributed by atoms with van der Waals surface area (Å²) in [6.07, 6.45) is -0.655. The Labute approximate surface area is 139 Å². The van der Waals surface area contributed by atoms with Crippen LogP contribution in [0.2, 0.25) is 0 Å². The van der Waals surface area contributed by atoms with Gasteiger partial charge in [-0.2, -0.15) is 0 Å². The van der Waals surface area contributed by atoms with Crippen molar-refractivity contribution in [2.75, 3.05) is 5.33 Å². The van der Waals surface area contributed by atoms with Gasteiger partial charge in [0.25, 0.3) is 0 Å². The van der Waals surface area contributed by atoms with Crippen molar-refractivity contribution >= 4 is 37.5 Å². The third-order valence-corrected chi connectivity index (χ3v) is 4.86. The first kappa shape index (κ1) is 15.3. The lowest BCUT2D eigenvalue weighted by Crippen LogP contribution is -2.00. The van der Waals surface area contributed by atoms with Gasteiger partial charge in [-0.15, -0.1) is 0 Å². The Morgan fingerprint density at radius 3 is 2.73 bits per heavy atom. The number of halogens is 1. The van der Waals surface area contributed by atoms with E-state index in [2.05, 4.69) is 20.9 Å². The van der Waals surface area contributed by atoms with E-state index in [9.17, 15) is 9.90 Å². The topological polar surface area (TPSA) is 62.3 Å². The summed E-state index contributed by atoms with van der Waals surface area (Å²) in [5.74, 6) is 0.614. The van der Waals surface area contributed by atoms with Crippen LogP contribution in [0, 0.1) is 0 Å². The summed E-state index contributed by atoms with van der Waals surface area (Å²) in [4.78, 5) is 14.3. The zero-order valence-corrected chi connectivity index (χ0v) is 14.0. The molecule has 0 spiro atoms. The third kappa shape index (κ3) is 3.09. The normalized spacial score (nSPS) is 12.5. The Bertz CT molecular complexity index is 828. The van der Waals surface area contributed by atoms with Gasteiger partial charge in [0, 0.05) is 10.9 Å². The molecule has 3 aromatic rings. The number of nitrogens with one attached hydrogen (secondary N) is 1. The zero-order valence-electron chi connectivity index (χ0n) is 11.6. The first-order valence-corrected chi connectivity index (χ1v) is 8.69. The molecule has 3 rings (SSSR count). The largest absolute Gasteiger partial charge is 0.487 e. The number of hydrogen-bond acceptors (Lipinski definition) is 4. The summed E-state index contributed by atoms with van der Waals surface area (Å²) in [7, 11) is 0. The van der Waals surface area contributed by atoms with Crippen LogP contribution in [0.15, 0.2) is 47.3 Å². The van der Waals surface area contributed by atoms with Gasteiger partial charge < -0.3 is 14.8 Å². The van der Waals surface area contributed by atoms with Crippen molar-refractivity contribution in [1.82, 2.24) is 4.98 Å². The van der Waals surface area contributed by atoms with E-state index >= 15 is 0 Å². The fourth-order valence-electron chi connectivity index (χ4n) is 2.23. The lowest BCUT2D eigenvalue weighted by atomic mass is 10.1. The maximum absolute atomic E-state index is 11.7. The van der Waals surface area contributed by atoms with Crippen molar-refractivity contribution in [2.24, 2.45) is 0 Å². The van der Waals surface area contributed by atoms with E-state index in [1.165, 1.54) is 0 Å². The van der Waals surface area contributed by atoms with Gasteiger partial charge in [0.1, 0.15) is 17.9 Å². The Morgan fingerprint density at radius 1 is 1.23 bits per heavy atom.